The molecule has 0 bridgehead atoms. The van der Waals surface area contributed by atoms with Gasteiger partial charge in [0.05, 0.1) is 33.7 Å². The number of carbonyl (C=O) groups excluding carboxylic acids is 1. The molecule has 10 N–H and O–H groups in total. The molecule has 0 aliphatic heterocycles. The van der Waals surface area contributed by atoms with Gasteiger partial charge in [-0.2, -0.15) is 27.5 Å². The molecule has 0 saturated carbocycles. The summed E-state index contributed by atoms with van der Waals surface area (Å²) in [4.78, 5) is 68.5. The maximum absolute atomic E-state index is 12.3. The first kappa shape index (κ1) is 60.9. The summed E-state index contributed by atoms with van der Waals surface area (Å²) in [6, 6.07) is 16.7. The van der Waals surface area contributed by atoms with Crippen LogP contribution in [-0.2, 0) is 19.4 Å². The molecule has 0 saturated heterocycles. The van der Waals surface area contributed by atoms with Crippen LogP contribution in [-0.4, -0.2) is 107 Å². The molecule has 2 atom stereocenters. The summed E-state index contributed by atoms with van der Waals surface area (Å²) in [5.41, 5.74) is 9.58. The van der Waals surface area contributed by atoms with E-state index >= 15 is 0 Å². The van der Waals surface area contributed by atoms with E-state index in [1.807, 2.05) is 6.07 Å². The van der Waals surface area contributed by atoms with Gasteiger partial charge in [0.15, 0.2) is 13.1 Å². The van der Waals surface area contributed by atoms with Crippen molar-refractivity contribution in [2.24, 2.45) is 5.73 Å². The van der Waals surface area contributed by atoms with Gasteiger partial charge in [0, 0.05) is 18.9 Å². The molecule has 5 rings (SSSR count). The number of carboxylic acids is 3. The van der Waals surface area contributed by atoms with Crippen LogP contribution in [0.15, 0.2) is 89.8 Å². The zero-order valence-electron chi connectivity index (χ0n) is 36.3. The second-order valence-electron chi connectivity index (χ2n) is 13.2. The van der Waals surface area contributed by atoms with E-state index in [9.17, 15) is 59.8 Å². The van der Waals surface area contributed by atoms with Gasteiger partial charge in [-0.05, 0) is 48.9 Å². The summed E-state index contributed by atoms with van der Waals surface area (Å²) in [5.74, 6) is -5.81. The van der Waals surface area contributed by atoms with E-state index in [-0.39, 0.29) is 56.1 Å². The van der Waals surface area contributed by atoms with Crippen molar-refractivity contribution in [3.63, 3.8) is 0 Å². The minimum Gasteiger partial charge on any atom is -0.494 e. The molecule has 33 heteroatoms. The van der Waals surface area contributed by atoms with Crippen molar-refractivity contribution in [2.75, 3.05) is 31.0 Å². The lowest BCUT2D eigenvalue weighted by Crippen LogP contribution is -2.35. The summed E-state index contributed by atoms with van der Waals surface area (Å²) in [7, 11) is -6.48. The minimum atomic E-state index is -4.71. The fourth-order valence-corrected chi connectivity index (χ4v) is 7.32. The van der Waals surface area contributed by atoms with Gasteiger partial charge in [0.25, 0.3) is 15.7 Å². The number of nitro benzene ring substituents is 1. The number of methoxy groups -OCH3 is 1. The van der Waals surface area contributed by atoms with Gasteiger partial charge in [0.1, 0.15) is 38.7 Å². The number of aromatic carboxylic acids is 2. The Labute approximate surface area is 418 Å². The molecule has 390 valence electrons. The molecule has 2 unspecified atom stereocenters. The number of sulfonamides is 1. The van der Waals surface area contributed by atoms with E-state index in [2.05, 4.69) is 19.4 Å². The number of aromatic nitrogens is 2. The number of nitrogens with zero attached hydrogens (tertiary/aromatic N) is 3. The molecule has 0 aliphatic carbocycles. The SMILES string of the molecule is COc1c(Cl)ccc(Cl)c1C(=O)O.CP(=O)(O)CCC(N)C(=O)O.Nc1c([N+](=O)[O-])ccc(Oc2ccccc2)c1Cl.O=C(Nc1nc(OC(F)F)cc(OC(F)F)n1)NS(=O)(=O)c1ccccc1C(=O)O. The number of carboxylic acid groups (broad SMARTS) is 3. The van der Waals surface area contributed by atoms with Gasteiger partial charge in [-0.15, -0.1) is 0 Å². The average Bonchev–Trinajstić information content (AvgIpc) is 3.27. The van der Waals surface area contributed by atoms with Gasteiger partial charge in [-0.3, -0.25) is 24.8 Å². The first-order valence-electron chi connectivity index (χ1n) is 18.9. The summed E-state index contributed by atoms with van der Waals surface area (Å²) < 4.78 is 104. The smallest absolute Gasteiger partial charge is 0.388 e. The van der Waals surface area contributed by atoms with E-state index in [0.29, 0.717) is 11.8 Å². The highest BCUT2D eigenvalue weighted by Gasteiger charge is 2.25. The Morgan fingerprint density at radius 3 is 1.88 bits per heavy atom. The highest BCUT2D eigenvalue weighted by molar-refractivity contribution is 7.90. The predicted molar refractivity (Wildman–Crippen MR) is 248 cm³/mol. The Hall–Kier alpha value is -7.27. The number of nitrogens with one attached hydrogen (secondary N) is 2. The van der Waals surface area contributed by atoms with Crippen molar-refractivity contribution in [1.82, 2.24) is 14.7 Å². The second-order valence-corrected chi connectivity index (χ2v) is 18.6. The van der Waals surface area contributed by atoms with Crippen molar-refractivity contribution < 1.29 is 93.8 Å². The fourth-order valence-electron chi connectivity index (χ4n) is 4.80. The molecule has 1 aromatic heterocycles. The number of halogens is 7. The number of nitro groups is 1. The third-order valence-corrected chi connectivity index (χ3v) is 11.4. The Bertz CT molecular complexity index is 2870. The number of amides is 2. The molecule has 2 amide bonds. The monoisotopic (exact) mass is 1120 g/mol. The number of alkyl halides is 4. The largest absolute Gasteiger partial charge is 0.494 e. The summed E-state index contributed by atoms with van der Waals surface area (Å²) in [5, 5.41) is 38.8. The first-order chi connectivity index (χ1) is 33.5. The zero-order chi connectivity index (χ0) is 54.7. The van der Waals surface area contributed by atoms with Crippen LogP contribution in [0.4, 0.5) is 39.7 Å². The molecule has 0 radical (unpaired) electrons. The van der Waals surface area contributed by atoms with Crippen molar-refractivity contribution in [2.45, 2.75) is 30.6 Å². The van der Waals surface area contributed by atoms with Gasteiger partial charge in [-0.1, -0.05) is 65.1 Å². The van der Waals surface area contributed by atoms with E-state index in [1.54, 1.807) is 29.6 Å². The number of hydrogen-bond acceptors (Lipinski definition) is 17. The van der Waals surface area contributed by atoms with Gasteiger partial charge < -0.3 is 50.6 Å². The topological polar surface area (TPSA) is 382 Å². The maximum atomic E-state index is 12.3. The van der Waals surface area contributed by atoms with E-state index in [4.69, 9.17) is 76.0 Å². The number of nitrogen functional groups attached to an aromatic ring is 1. The molecular weight excluding hydrogens is 1080 g/mol. The van der Waals surface area contributed by atoms with Crippen molar-refractivity contribution in [3.8, 4) is 29.0 Å². The van der Waals surface area contributed by atoms with Crippen LogP contribution < -0.4 is 40.5 Å². The number of rotatable bonds is 17. The summed E-state index contributed by atoms with van der Waals surface area (Å²) >= 11 is 17.3. The van der Waals surface area contributed by atoms with E-state index < -0.39 is 93.7 Å². The molecule has 0 fully saturated rings. The lowest BCUT2D eigenvalue weighted by Gasteiger charge is -2.11. The number of benzene rings is 4. The van der Waals surface area contributed by atoms with Crippen LogP contribution >= 0.6 is 42.2 Å². The Kier molecular flexibility index (Phi) is 23.6. The fraction of sp³-hybridized carbons (Fsp3) is 0.179. The first-order valence-corrected chi connectivity index (χ1v) is 23.8. The molecule has 24 nitrogen and oxygen atoms in total. The summed E-state index contributed by atoms with van der Waals surface area (Å²) in [6.45, 7) is -5.63. The number of para-hydroxylation sites is 1. The molecule has 5 aromatic rings. The van der Waals surface area contributed by atoms with Crippen LogP contribution in [0.1, 0.15) is 27.1 Å². The van der Waals surface area contributed by atoms with E-state index in [0.717, 1.165) is 12.1 Å². The highest BCUT2D eigenvalue weighted by Crippen LogP contribution is 2.39. The maximum Gasteiger partial charge on any atom is 0.388 e. The quantitative estimate of drug-likeness (QED) is 0.0144. The molecule has 4 aromatic carbocycles. The van der Waals surface area contributed by atoms with Crippen molar-refractivity contribution in [1.29, 1.82) is 0 Å². The third-order valence-electron chi connectivity index (χ3n) is 7.90. The standard InChI is InChI=1S/C14H10F4N4O7S.C12H9ClN2O3.C8H6Cl2O3.C5H12NO4P/c15-11(16)28-8-5-9(29-12(17)18)20-13(19-8)21-14(25)22-30(26,27)7-4-2-1-3-6(7)10(23)24;13-11-10(18-8-4-2-1-3-5-8)7-6-9(12(11)14)15(16)17;1-13-7-5(10)3-2-4(9)6(7)8(11)12;1-11(9,10)3-2-4(6)5(7)8/h1-5,11-12H,(H,23,24)(H2,19,20,21,22,25);1-7H,14H2;2-3H,1H3,(H,11,12);4H,2-3,6H2,1H3,(H,7,8)(H,9,10). The van der Waals surface area contributed by atoms with Crippen LogP contribution in [0.25, 0.3) is 0 Å². The van der Waals surface area contributed by atoms with Gasteiger partial charge >= 0.3 is 37.2 Å². The van der Waals surface area contributed by atoms with Gasteiger partial charge in [0.2, 0.25) is 17.7 Å². The Morgan fingerprint density at radius 1 is 0.861 bits per heavy atom. The molecule has 72 heavy (non-hydrogen) atoms. The predicted octanol–water partition coefficient (Wildman–Crippen LogP) is 7.90. The number of aliphatic carboxylic acids is 1. The lowest BCUT2D eigenvalue weighted by atomic mass is 10.2. The Balaban J connectivity index is 0.000000359. The zero-order valence-corrected chi connectivity index (χ0v) is 40.3. The normalized spacial score (nSPS) is 11.8. The highest BCUT2D eigenvalue weighted by atomic mass is 35.5. The second kappa shape index (κ2) is 27.9. The number of nitrogens with two attached hydrogens (primary N) is 2. The van der Waals surface area contributed by atoms with Crippen LogP contribution in [0.5, 0.6) is 29.0 Å². The lowest BCUT2D eigenvalue weighted by molar-refractivity contribution is -0.383. The van der Waals surface area contributed by atoms with Gasteiger partial charge in [-0.25, -0.2) is 27.5 Å². The number of hydrogen-bond donors (Lipinski definition) is 8. The average molecular weight is 1120 g/mol. The van der Waals surface area contributed by atoms with Crippen LogP contribution in [0.2, 0.25) is 15.1 Å². The molecule has 0 spiro atoms. The number of ether oxygens (including phenoxy) is 4. The number of carbonyl (C=O) groups is 4. The molecular formula is C39H37Cl3F4N7O17PS. The molecule has 0 aliphatic rings. The molecule has 1 heterocycles. The van der Waals surface area contributed by atoms with E-state index in [1.165, 1.54) is 54.9 Å². The third kappa shape index (κ3) is 20.2. The van der Waals surface area contributed by atoms with Crippen molar-refractivity contribution in [3.05, 3.63) is 121 Å². The van der Waals surface area contributed by atoms with Crippen molar-refractivity contribution >= 4 is 93.5 Å². The summed E-state index contributed by atoms with van der Waals surface area (Å²) in [6.07, 6.45) is 0.0000772. The minimum absolute atomic E-state index is 0.0352. The number of urea groups is 1. The Morgan fingerprint density at radius 2 is 1.40 bits per heavy atom. The van der Waals surface area contributed by atoms with Crippen LogP contribution in [0.3, 0.4) is 0 Å². The van der Waals surface area contributed by atoms with Crippen LogP contribution in [0, 0.1) is 10.1 Å². The number of anilines is 2.